The number of rotatable bonds is 7. The molecule has 37 heavy (non-hydrogen) atoms. The van der Waals surface area contributed by atoms with Crippen LogP contribution in [0.25, 0.3) is 22.0 Å². The van der Waals surface area contributed by atoms with Crippen LogP contribution in [0.5, 0.6) is 11.5 Å². The van der Waals surface area contributed by atoms with E-state index in [1.165, 1.54) is 22.1 Å². The SMILES string of the molecule is Oc1ccc2c(c1)SCCC(c1cccc3[nH]ccc13)=C2c1ccc(O[C@H]2CCN(CCCF)C2)cc1. The fourth-order valence-corrected chi connectivity index (χ4v) is 6.66. The first-order chi connectivity index (χ1) is 18.2. The summed E-state index contributed by atoms with van der Waals surface area (Å²) in [7, 11) is 0. The lowest BCUT2D eigenvalue weighted by molar-refractivity contribution is 0.198. The molecule has 2 aliphatic rings. The lowest BCUT2D eigenvalue weighted by Crippen LogP contribution is -2.26. The Hall–Kier alpha value is -3.22. The smallest absolute Gasteiger partial charge is 0.119 e. The van der Waals surface area contributed by atoms with Gasteiger partial charge in [-0.25, -0.2) is 0 Å². The molecule has 0 spiro atoms. The number of thioether (sulfide) groups is 1. The van der Waals surface area contributed by atoms with E-state index < -0.39 is 0 Å². The van der Waals surface area contributed by atoms with Gasteiger partial charge in [-0.3, -0.25) is 9.29 Å². The number of nitrogens with zero attached hydrogens (tertiary/aromatic N) is 1. The van der Waals surface area contributed by atoms with Crippen molar-refractivity contribution in [2.24, 2.45) is 0 Å². The Morgan fingerprint density at radius 1 is 1.05 bits per heavy atom. The van der Waals surface area contributed by atoms with Crippen LogP contribution in [0.3, 0.4) is 0 Å². The molecule has 0 aliphatic carbocycles. The number of hydrogen-bond acceptors (Lipinski definition) is 4. The van der Waals surface area contributed by atoms with Crippen LogP contribution >= 0.6 is 11.8 Å². The van der Waals surface area contributed by atoms with Gasteiger partial charge in [-0.15, -0.1) is 11.8 Å². The first kappa shape index (κ1) is 24.1. The second-order valence-corrected chi connectivity index (χ2v) is 10.9. The number of aromatic hydroxyl groups is 1. The lowest BCUT2D eigenvalue weighted by Gasteiger charge is -2.19. The van der Waals surface area contributed by atoms with Gasteiger partial charge in [-0.1, -0.05) is 24.3 Å². The van der Waals surface area contributed by atoms with Crippen molar-refractivity contribution in [3.05, 3.63) is 89.6 Å². The maximum absolute atomic E-state index is 12.5. The molecule has 0 bridgehead atoms. The summed E-state index contributed by atoms with van der Waals surface area (Å²) in [6, 6.07) is 22.8. The largest absolute Gasteiger partial charge is 0.508 e. The molecule has 1 aromatic heterocycles. The van der Waals surface area contributed by atoms with Crippen LogP contribution in [0.4, 0.5) is 4.39 Å². The van der Waals surface area contributed by atoms with Crippen molar-refractivity contribution in [3.63, 3.8) is 0 Å². The highest BCUT2D eigenvalue weighted by atomic mass is 32.2. The fraction of sp³-hybridized carbons (Fsp3) is 0.290. The zero-order valence-corrected chi connectivity index (χ0v) is 21.6. The number of fused-ring (bicyclic) bond motifs is 2. The van der Waals surface area contributed by atoms with Gasteiger partial charge in [0, 0.05) is 47.4 Å². The molecule has 0 unspecified atom stereocenters. The minimum absolute atomic E-state index is 0.143. The number of hydrogen-bond donors (Lipinski definition) is 2. The van der Waals surface area contributed by atoms with E-state index in [0.29, 0.717) is 12.2 Å². The first-order valence-electron chi connectivity index (χ1n) is 13.0. The molecule has 1 atom stereocenters. The topological polar surface area (TPSA) is 48.5 Å². The summed E-state index contributed by atoms with van der Waals surface area (Å²) in [5.41, 5.74) is 7.19. The van der Waals surface area contributed by atoms with Crippen molar-refractivity contribution in [2.75, 3.05) is 32.1 Å². The number of benzene rings is 3. The number of allylic oxidation sites excluding steroid dienone is 1. The van der Waals surface area contributed by atoms with Crippen molar-refractivity contribution in [3.8, 4) is 11.5 Å². The zero-order valence-electron chi connectivity index (χ0n) is 20.8. The van der Waals surface area contributed by atoms with Gasteiger partial charge in [0.05, 0.1) is 6.67 Å². The second kappa shape index (κ2) is 10.6. The summed E-state index contributed by atoms with van der Waals surface area (Å²) in [5.74, 6) is 2.10. The molecule has 4 nitrogen and oxygen atoms in total. The molecule has 2 aliphatic heterocycles. The average Bonchev–Trinajstić information content (AvgIpc) is 3.54. The summed E-state index contributed by atoms with van der Waals surface area (Å²) in [5, 5.41) is 11.4. The molecule has 1 saturated heterocycles. The number of phenols is 1. The summed E-state index contributed by atoms with van der Waals surface area (Å²) in [4.78, 5) is 6.74. The summed E-state index contributed by atoms with van der Waals surface area (Å²) in [6.07, 6.45) is 4.63. The number of alkyl halides is 1. The molecule has 2 N–H and O–H groups in total. The van der Waals surface area contributed by atoms with Gasteiger partial charge in [-0.05, 0) is 89.6 Å². The molecule has 1 fully saturated rings. The van der Waals surface area contributed by atoms with Crippen LogP contribution in [0.1, 0.15) is 36.0 Å². The summed E-state index contributed by atoms with van der Waals surface area (Å²) < 4.78 is 18.8. The van der Waals surface area contributed by atoms with Crippen LogP contribution in [0.2, 0.25) is 0 Å². The molecule has 4 aromatic rings. The van der Waals surface area contributed by atoms with Crippen LogP contribution in [-0.4, -0.2) is 53.2 Å². The number of halogens is 1. The lowest BCUT2D eigenvalue weighted by atomic mass is 9.87. The Labute approximate surface area is 221 Å². The monoisotopic (exact) mass is 514 g/mol. The molecule has 0 saturated carbocycles. The maximum Gasteiger partial charge on any atom is 0.119 e. The Morgan fingerprint density at radius 3 is 2.81 bits per heavy atom. The Balaban J connectivity index is 1.37. The van der Waals surface area contributed by atoms with E-state index in [9.17, 15) is 9.50 Å². The molecule has 6 rings (SSSR count). The van der Waals surface area contributed by atoms with Crippen LogP contribution in [-0.2, 0) is 0 Å². The molecule has 0 amide bonds. The molecule has 0 radical (unpaired) electrons. The highest BCUT2D eigenvalue weighted by molar-refractivity contribution is 7.99. The first-order valence-corrected chi connectivity index (χ1v) is 14.0. The summed E-state index contributed by atoms with van der Waals surface area (Å²) >= 11 is 1.80. The molecule has 6 heteroatoms. The van der Waals surface area contributed by atoms with E-state index in [1.54, 1.807) is 17.8 Å². The van der Waals surface area contributed by atoms with Crippen molar-refractivity contribution in [2.45, 2.75) is 30.3 Å². The Bertz CT molecular complexity index is 1430. The van der Waals surface area contributed by atoms with Gasteiger partial charge < -0.3 is 14.8 Å². The van der Waals surface area contributed by atoms with E-state index in [4.69, 9.17) is 4.74 Å². The third-order valence-corrected chi connectivity index (χ3v) is 8.41. The standard InChI is InChI=1S/C31H31FN2O2S/c32-14-2-16-34-17-12-24(20-34)36-23-8-5-21(6-9-23)31-27(25-3-1-4-29-26(25)11-15-33-29)13-18-37-30-19-22(35)7-10-28(30)31/h1,3-11,15,19,24,33,35H,2,12-14,16-18,20H2/t24-/m0/s1. The number of likely N-dealkylation sites (tertiary alicyclic amines) is 1. The molecule has 3 heterocycles. The third kappa shape index (κ3) is 5.00. The van der Waals surface area contributed by atoms with Crippen LogP contribution < -0.4 is 4.74 Å². The molecular weight excluding hydrogens is 483 g/mol. The highest BCUT2D eigenvalue weighted by Gasteiger charge is 2.25. The van der Waals surface area contributed by atoms with Crippen molar-refractivity contribution < 1.29 is 14.2 Å². The van der Waals surface area contributed by atoms with E-state index in [2.05, 4.69) is 58.4 Å². The Kier molecular flexibility index (Phi) is 6.94. The number of aromatic amines is 1. The number of nitrogens with one attached hydrogen (secondary N) is 1. The van der Waals surface area contributed by atoms with Crippen LogP contribution in [0.15, 0.2) is 77.8 Å². The number of phenolic OH excluding ortho intramolecular Hbond substituents is 1. The maximum atomic E-state index is 12.5. The van der Waals surface area contributed by atoms with Gasteiger partial charge in [-0.2, -0.15) is 0 Å². The van der Waals surface area contributed by atoms with E-state index >= 15 is 0 Å². The summed E-state index contributed by atoms with van der Waals surface area (Å²) in [6.45, 7) is 2.35. The zero-order chi connectivity index (χ0) is 25.2. The fourth-order valence-electron chi connectivity index (χ4n) is 5.61. The van der Waals surface area contributed by atoms with Gasteiger partial charge in [0.15, 0.2) is 0 Å². The quantitative estimate of drug-likeness (QED) is 0.275. The normalized spacial score (nSPS) is 18.2. The van der Waals surface area contributed by atoms with Crippen molar-refractivity contribution >= 4 is 33.8 Å². The second-order valence-electron chi connectivity index (χ2n) is 9.77. The van der Waals surface area contributed by atoms with E-state index in [1.807, 2.05) is 18.3 Å². The van der Waals surface area contributed by atoms with Crippen molar-refractivity contribution in [1.82, 2.24) is 9.88 Å². The number of ether oxygens (including phenoxy) is 1. The van der Waals surface area contributed by atoms with Crippen molar-refractivity contribution in [1.29, 1.82) is 0 Å². The Morgan fingerprint density at radius 2 is 1.95 bits per heavy atom. The van der Waals surface area contributed by atoms with Crippen LogP contribution in [0, 0.1) is 0 Å². The third-order valence-electron chi connectivity index (χ3n) is 7.35. The predicted molar refractivity (Wildman–Crippen MR) is 150 cm³/mol. The van der Waals surface area contributed by atoms with E-state index in [0.717, 1.165) is 65.5 Å². The minimum Gasteiger partial charge on any atom is -0.508 e. The van der Waals surface area contributed by atoms with E-state index in [-0.39, 0.29) is 12.8 Å². The number of aromatic nitrogens is 1. The molecular formula is C31H31FN2O2S. The minimum atomic E-state index is -0.263. The molecule has 3 aromatic carbocycles. The van der Waals surface area contributed by atoms with Gasteiger partial charge in [0.1, 0.15) is 17.6 Å². The van der Waals surface area contributed by atoms with Gasteiger partial charge >= 0.3 is 0 Å². The number of H-pyrrole nitrogens is 1. The van der Waals surface area contributed by atoms with Gasteiger partial charge in [0.25, 0.3) is 0 Å². The highest BCUT2D eigenvalue weighted by Crippen LogP contribution is 2.45. The predicted octanol–water partition coefficient (Wildman–Crippen LogP) is 7.14. The van der Waals surface area contributed by atoms with Gasteiger partial charge in [0.2, 0.25) is 0 Å². The molecule has 190 valence electrons. The average molecular weight is 515 g/mol.